The number of halogens is 2. The summed E-state index contributed by atoms with van der Waals surface area (Å²) in [4.78, 5) is 18.9. The second kappa shape index (κ2) is 7.77. The Hall–Kier alpha value is -1.36. The van der Waals surface area contributed by atoms with Gasteiger partial charge in [0, 0.05) is 24.5 Å². The summed E-state index contributed by atoms with van der Waals surface area (Å²) >= 11 is 0. The molecule has 6 heteroatoms. The fourth-order valence-corrected chi connectivity index (χ4v) is 2.70. The number of carbonyl (C=O) groups is 1. The lowest BCUT2D eigenvalue weighted by atomic mass is 9.94. The van der Waals surface area contributed by atoms with E-state index in [1.54, 1.807) is 0 Å². The number of pyridine rings is 1. The van der Waals surface area contributed by atoms with Gasteiger partial charge in [0.1, 0.15) is 5.69 Å². The summed E-state index contributed by atoms with van der Waals surface area (Å²) in [5.74, 6) is 0.350. The molecule has 1 aromatic heterocycles. The van der Waals surface area contributed by atoms with E-state index in [-0.39, 0.29) is 36.8 Å². The standard InChI is InChI=1S/C16H19N3O.2ClH/c1-11-10-19(9-8-13(11)17)16(20)15-7-6-12-4-2-3-5-14(12)18-15;;/h2-7,11,13H,8-10,17H2,1H3;2*1H. The maximum absolute atomic E-state index is 12.5. The number of aromatic nitrogens is 1. The van der Waals surface area contributed by atoms with E-state index in [1.165, 1.54) is 0 Å². The van der Waals surface area contributed by atoms with Crippen molar-refractivity contribution in [1.82, 2.24) is 9.88 Å². The average Bonchev–Trinajstić information content (AvgIpc) is 2.49. The Balaban J connectivity index is 0.00000121. The van der Waals surface area contributed by atoms with Gasteiger partial charge in [0.25, 0.3) is 5.91 Å². The Morgan fingerprint density at radius 2 is 1.95 bits per heavy atom. The largest absolute Gasteiger partial charge is 0.337 e. The van der Waals surface area contributed by atoms with Crippen LogP contribution in [0.15, 0.2) is 36.4 Å². The molecule has 1 aliphatic rings. The number of likely N-dealkylation sites (tertiary alicyclic amines) is 1. The van der Waals surface area contributed by atoms with Gasteiger partial charge in [0.15, 0.2) is 0 Å². The molecule has 2 heterocycles. The molecule has 3 rings (SSSR count). The Kier molecular flexibility index (Phi) is 6.60. The van der Waals surface area contributed by atoms with E-state index in [0.717, 1.165) is 23.9 Å². The van der Waals surface area contributed by atoms with Crippen LogP contribution in [-0.2, 0) is 0 Å². The fraction of sp³-hybridized carbons (Fsp3) is 0.375. The van der Waals surface area contributed by atoms with Gasteiger partial charge in [-0.1, -0.05) is 31.2 Å². The van der Waals surface area contributed by atoms with E-state index in [2.05, 4.69) is 11.9 Å². The predicted octanol–water partition coefficient (Wildman–Crippen LogP) is 2.89. The molecule has 2 N–H and O–H groups in total. The lowest BCUT2D eigenvalue weighted by Crippen LogP contribution is -2.48. The second-order valence-corrected chi connectivity index (χ2v) is 5.57. The first-order chi connectivity index (χ1) is 9.65. The van der Waals surface area contributed by atoms with Crippen molar-refractivity contribution < 1.29 is 4.79 Å². The molecular weight excluding hydrogens is 321 g/mol. The number of benzene rings is 1. The van der Waals surface area contributed by atoms with Gasteiger partial charge in [0.2, 0.25) is 0 Å². The minimum atomic E-state index is 0. The third-order valence-corrected chi connectivity index (χ3v) is 4.08. The molecule has 2 aromatic rings. The second-order valence-electron chi connectivity index (χ2n) is 5.57. The molecule has 0 bridgehead atoms. The average molecular weight is 342 g/mol. The maximum Gasteiger partial charge on any atom is 0.272 e. The molecule has 1 aliphatic heterocycles. The van der Waals surface area contributed by atoms with E-state index in [4.69, 9.17) is 5.73 Å². The van der Waals surface area contributed by atoms with Crippen LogP contribution in [0, 0.1) is 5.92 Å². The summed E-state index contributed by atoms with van der Waals surface area (Å²) in [5.41, 5.74) is 7.38. The summed E-state index contributed by atoms with van der Waals surface area (Å²) in [5, 5.41) is 1.05. The number of amides is 1. The molecule has 22 heavy (non-hydrogen) atoms. The van der Waals surface area contributed by atoms with Crippen molar-refractivity contribution >= 4 is 41.6 Å². The van der Waals surface area contributed by atoms with Crippen molar-refractivity contribution in [2.45, 2.75) is 19.4 Å². The molecule has 2 atom stereocenters. The van der Waals surface area contributed by atoms with Crippen molar-refractivity contribution in [3.8, 4) is 0 Å². The van der Waals surface area contributed by atoms with Gasteiger partial charge < -0.3 is 10.6 Å². The van der Waals surface area contributed by atoms with Crippen LogP contribution in [0.4, 0.5) is 0 Å². The third kappa shape index (κ3) is 3.69. The van der Waals surface area contributed by atoms with Gasteiger partial charge in [-0.2, -0.15) is 0 Å². The molecule has 1 saturated heterocycles. The zero-order valence-corrected chi connectivity index (χ0v) is 14.1. The van der Waals surface area contributed by atoms with E-state index in [0.29, 0.717) is 18.2 Å². The first-order valence-corrected chi connectivity index (χ1v) is 7.06. The molecule has 120 valence electrons. The number of para-hydroxylation sites is 1. The summed E-state index contributed by atoms with van der Waals surface area (Å²) in [6.45, 7) is 3.53. The van der Waals surface area contributed by atoms with Crippen molar-refractivity contribution in [2.24, 2.45) is 11.7 Å². The number of fused-ring (bicyclic) bond motifs is 1. The highest BCUT2D eigenvalue weighted by Gasteiger charge is 2.27. The first-order valence-electron chi connectivity index (χ1n) is 7.06. The Morgan fingerprint density at radius 3 is 2.68 bits per heavy atom. The van der Waals surface area contributed by atoms with E-state index < -0.39 is 0 Å². The molecule has 0 spiro atoms. The van der Waals surface area contributed by atoms with Crippen LogP contribution in [0.1, 0.15) is 23.8 Å². The quantitative estimate of drug-likeness (QED) is 0.867. The van der Waals surface area contributed by atoms with E-state index in [9.17, 15) is 4.79 Å². The fourth-order valence-electron chi connectivity index (χ4n) is 2.70. The molecule has 0 radical (unpaired) electrons. The minimum absolute atomic E-state index is 0. The number of rotatable bonds is 1. The smallest absolute Gasteiger partial charge is 0.272 e. The third-order valence-electron chi connectivity index (χ3n) is 4.08. The number of nitrogens with zero attached hydrogens (tertiary/aromatic N) is 2. The van der Waals surface area contributed by atoms with Gasteiger partial charge >= 0.3 is 0 Å². The summed E-state index contributed by atoms with van der Waals surface area (Å²) < 4.78 is 0. The van der Waals surface area contributed by atoms with Crippen LogP contribution in [0.3, 0.4) is 0 Å². The van der Waals surface area contributed by atoms with Crippen LogP contribution < -0.4 is 5.73 Å². The highest BCUT2D eigenvalue weighted by molar-refractivity contribution is 5.95. The summed E-state index contributed by atoms with van der Waals surface area (Å²) in [6.07, 6.45) is 0.862. The Bertz CT molecular complexity index is 650. The van der Waals surface area contributed by atoms with Gasteiger partial charge in [-0.3, -0.25) is 4.79 Å². The molecule has 1 fully saturated rings. The van der Waals surface area contributed by atoms with Crippen molar-refractivity contribution in [3.05, 3.63) is 42.1 Å². The highest BCUT2D eigenvalue weighted by Crippen LogP contribution is 2.18. The SMILES string of the molecule is CC1CN(C(=O)c2ccc3ccccc3n2)CCC1N.Cl.Cl. The topological polar surface area (TPSA) is 59.2 Å². The lowest BCUT2D eigenvalue weighted by molar-refractivity contribution is 0.0658. The molecule has 4 nitrogen and oxygen atoms in total. The van der Waals surface area contributed by atoms with Crippen LogP contribution in [-0.4, -0.2) is 34.9 Å². The zero-order chi connectivity index (χ0) is 14.1. The molecule has 1 amide bonds. The monoisotopic (exact) mass is 341 g/mol. The normalized spacial score (nSPS) is 20.9. The molecule has 2 unspecified atom stereocenters. The van der Waals surface area contributed by atoms with Crippen molar-refractivity contribution in [2.75, 3.05) is 13.1 Å². The maximum atomic E-state index is 12.5. The lowest BCUT2D eigenvalue weighted by Gasteiger charge is -2.34. The van der Waals surface area contributed by atoms with Gasteiger partial charge in [-0.15, -0.1) is 24.8 Å². The minimum Gasteiger partial charge on any atom is -0.337 e. The molecule has 0 aliphatic carbocycles. The number of hydrogen-bond acceptors (Lipinski definition) is 3. The summed E-state index contributed by atoms with van der Waals surface area (Å²) in [6, 6.07) is 11.8. The van der Waals surface area contributed by atoms with Gasteiger partial charge in [-0.25, -0.2) is 4.98 Å². The van der Waals surface area contributed by atoms with Crippen LogP contribution in [0.25, 0.3) is 10.9 Å². The van der Waals surface area contributed by atoms with Crippen LogP contribution >= 0.6 is 24.8 Å². The number of carbonyl (C=O) groups excluding carboxylic acids is 1. The molecule has 0 saturated carbocycles. The van der Waals surface area contributed by atoms with Crippen LogP contribution in [0.2, 0.25) is 0 Å². The van der Waals surface area contributed by atoms with Crippen molar-refractivity contribution in [3.63, 3.8) is 0 Å². The van der Waals surface area contributed by atoms with Crippen LogP contribution in [0.5, 0.6) is 0 Å². The Morgan fingerprint density at radius 1 is 1.23 bits per heavy atom. The van der Waals surface area contributed by atoms with Gasteiger partial charge in [0.05, 0.1) is 5.52 Å². The number of piperidine rings is 1. The van der Waals surface area contributed by atoms with E-state index in [1.807, 2.05) is 41.3 Å². The van der Waals surface area contributed by atoms with E-state index >= 15 is 0 Å². The Labute approximate surface area is 142 Å². The predicted molar refractivity (Wildman–Crippen MR) is 93.9 cm³/mol. The highest BCUT2D eigenvalue weighted by atomic mass is 35.5. The number of hydrogen-bond donors (Lipinski definition) is 1. The first kappa shape index (κ1) is 18.7. The molecular formula is C16H21Cl2N3O. The zero-order valence-electron chi connectivity index (χ0n) is 12.4. The molecule has 1 aromatic carbocycles. The van der Waals surface area contributed by atoms with Gasteiger partial charge in [-0.05, 0) is 24.5 Å². The van der Waals surface area contributed by atoms with Crippen molar-refractivity contribution in [1.29, 1.82) is 0 Å². The summed E-state index contributed by atoms with van der Waals surface area (Å²) in [7, 11) is 0. The number of nitrogens with two attached hydrogens (primary N) is 1.